The largest absolute Gasteiger partial charge is 0.388 e. The lowest BCUT2D eigenvalue weighted by atomic mass is 9.80. The van der Waals surface area contributed by atoms with Gasteiger partial charge >= 0.3 is 0 Å². The molecule has 0 aliphatic heterocycles. The molecule has 1 fully saturated rings. The van der Waals surface area contributed by atoms with Crippen molar-refractivity contribution >= 4 is 17.7 Å². The molecule has 0 bridgehead atoms. The summed E-state index contributed by atoms with van der Waals surface area (Å²) in [6.07, 6.45) is 6.20. The van der Waals surface area contributed by atoms with E-state index in [4.69, 9.17) is 0 Å². The van der Waals surface area contributed by atoms with Crippen LogP contribution in [-0.4, -0.2) is 33.9 Å². The van der Waals surface area contributed by atoms with Crippen LogP contribution in [0.4, 0.5) is 0 Å². The van der Waals surface area contributed by atoms with Crippen LogP contribution in [0.3, 0.4) is 0 Å². The van der Waals surface area contributed by atoms with Gasteiger partial charge < -0.3 is 10.4 Å². The summed E-state index contributed by atoms with van der Waals surface area (Å²) in [5.74, 6) is 1.19. The number of hydrogen-bond donors (Lipinski definition) is 2. The van der Waals surface area contributed by atoms with Gasteiger partial charge in [-0.3, -0.25) is 9.78 Å². The van der Waals surface area contributed by atoms with Crippen LogP contribution in [0.25, 0.3) is 0 Å². The standard InChI is InChI=1S/C13H18N2O2S/c16-12(15-10-13(17)4-2-5-13)9-18-8-11-3-1-6-14-7-11/h1,3,6-7,17H,2,4-5,8-10H2,(H,15,16). The third kappa shape index (κ3) is 3.99. The number of nitrogens with one attached hydrogen (secondary N) is 1. The van der Waals surface area contributed by atoms with Crippen LogP contribution < -0.4 is 5.32 Å². The van der Waals surface area contributed by atoms with E-state index in [1.165, 1.54) is 0 Å². The van der Waals surface area contributed by atoms with E-state index in [-0.39, 0.29) is 5.91 Å². The van der Waals surface area contributed by atoms with Crippen LogP contribution in [0.5, 0.6) is 0 Å². The van der Waals surface area contributed by atoms with Crippen LogP contribution >= 0.6 is 11.8 Å². The quantitative estimate of drug-likeness (QED) is 0.816. The Morgan fingerprint density at radius 1 is 1.56 bits per heavy atom. The molecule has 0 aromatic carbocycles. The molecule has 98 valence electrons. The number of thioether (sulfide) groups is 1. The van der Waals surface area contributed by atoms with E-state index in [1.54, 1.807) is 18.0 Å². The predicted octanol–water partition coefficient (Wildman–Crippen LogP) is 1.35. The van der Waals surface area contributed by atoms with Gasteiger partial charge in [0.15, 0.2) is 0 Å². The van der Waals surface area contributed by atoms with Gasteiger partial charge in [0, 0.05) is 24.7 Å². The highest BCUT2D eigenvalue weighted by atomic mass is 32.2. The molecule has 1 amide bonds. The lowest BCUT2D eigenvalue weighted by Gasteiger charge is -2.36. The zero-order chi connectivity index (χ0) is 12.8. The Bertz CT molecular complexity index is 393. The van der Waals surface area contributed by atoms with Crippen molar-refractivity contribution in [2.24, 2.45) is 0 Å². The van der Waals surface area contributed by atoms with Crippen molar-refractivity contribution in [3.8, 4) is 0 Å². The van der Waals surface area contributed by atoms with E-state index in [0.717, 1.165) is 30.6 Å². The van der Waals surface area contributed by atoms with Gasteiger partial charge in [-0.05, 0) is 30.9 Å². The zero-order valence-corrected chi connectivity index (χ0v) is 11.1. The number of nitrogens with zero attached hydrogens (tertiary/aromatic N) is 1. The third-order valence-electron chi connectivity index (χ3n) is 3.12. The van der Waals surface area contributed by atoms with Gasteiger partial charge in [-0.2, -0.15) is 0 Å². The topological polar surface area (TPSA) is 62.2 Å². The predicted molar refractivity (Wildman–Crippen MR) is 72.2 cm³/mol. The maximum Gasteiger partial charge on any atom is 0.230 e. The number of hydrogen-bond acceptors (Lipinski definition) is 4. The van der Waals surface area contributed by atoms with E-state index in [9.17, 15) is 9.90 Å². The van der Waals surface area contributed by atoms with Gasteiger partial charge in [0.05, 0.1) is 11.4 Å². The minimum absolute atomic E-state index is 0.00999. The molecule has 0 atom stereocenters. The van der Waals surface area contributed by atoms with Crippen molar-refractivity contribution in [2.75, 3.05) is 12.3 Å². The Kier molecular flexibility index (Phi) is 4.60. The summed E-state index contributed by atoms with van der Waals surface area (Å²) in [4.78, 5) is 15.6. The average Bonchev–Trinajstić information content (AvgIpc) is 2.35. The summed E-state index contributed by atoms with van der Waals surface area (Å²) in [6, 6.07) is 3.89. The number of rotatable bonds is 6. The van der Waals surface area contributed by atoms with Crippen molar-refractivity contribution in [2.45, 2.75) is 30.6 Å². The molecular formula is C13H18N2O2S. The van der Waals surface area contributed by atoms with Crippen molar-refractivity contribution in [1.29, 1.82) is 0 Å². The molecule has 1 aromatic heterocycles. The summed E-state index contributed by atoms with van der Waals surface area (Å²) in [7, 11) is 0. The second-order valence-corrected chi connectivity index (χ2v) is 5.69. The molecule has 2 N–H and O–H groups in total. The molecule has 0 unspecified atom stereocenters. The summed E-state index contributed by atoms with van der Waals surface area (Å²) in [6.45, 7) is 0.388. The number of pyridine rings is 1. The zero-order valence-electron chi connectivity index (χ0n) is 10.3. The maximum absolute atomic E-state index is 11.6. The van der Waals surface area contributed by atoms with E-state index in [1.807, 2.05) is 18.3 Å². The lowest BCUT2D eigenvalue weighted by Crippen LogP contribution is -2.48. The Morgan fingerprint density at radius 3 is 3.00 bits per heavy atom. The Morgan fingerprint density at radius 2 is 2.39 bits per heavy atom. The molecule has 2 rings (SSSR count). The minimum atomic E-state index is -0.635. The van der Waals surface area contributed by atoms with Crippen LogP contribution in [0.15, 0.2) is 24.5 Å². The highest BCUT2D eigenvalue weighted by Gasteiger charge is 2.34. The number of amides is 1. The van der Waals surface area contributed by atoms with Gasteiger partial charge in [-0.25, -0.2) is 0 Å². The molecule has 1 heterocycles. The summed E-state index contributed by atoms with van der Waals surface area (Å²) < 4.78 is 0. The first-order valence-corrected chi connectivity index (χ1v) is 7.29. The van der Waals surface area contributed by atoms with Crippen molar-refractivity contribution in [3.05, 3.63) is 30.1 Å². The maximum atomic E-state index is 11.6. The Labute approximate surface area is 111 Å². The molecule has 5 heteroatoms. The van der Waals surface area contributed by atoms with Crippen LogP contribution in [0, 0.1) is 0 Å². The fraction of sp³-hybridized carbons (Fsp3) is 0.538. The minimum Gasteiger partial charge on any atom is -0.388 e. The molecular weight excluding hydrogens is 248 g/mol. The Hall–Kier alpha value is -1.07. The second kappa shape index (κ2) is 6.20. The van der Waals surface area contributed by atoms with E-state index >= 15 is 0 Å². The van der Waals surface area contributed by atoms with Crippen LogP contribution in [0.2, 0.25) is 0 Å². The molecule has 4 nitrogen and oxygen atoms in total. The molecule has 1 aromatic rings. The highest BCUT2D eigenvalue weighted by Crippen LogP contribution is 2.30. The number of carbonyl (C=O) groups is 1. The van der Waals surface area contributed by atoms with Crippen molar-refractivity contribution < 1.29 is 9.90 Å². The molecule has 1 aliphatic carbocycles. The van der Waals surface area contributed by atoms with Gasteiger partial charge in [0.25, 0.3) is 0 Å². The van der Waals surface area contributed by atoms with Crippen LogP contribution in [0.1, 0.15) is 24.8 Å². The molecule has 0 saturated heterocycles. The van der Waals surface area contributed by atoms with E-state index in [0.29, 0.717) is 12.3 Å². The number of aromatic nitrogens is 1. The van der Waals surface area contributed by atoms with E-state index < -0.39 is 5.60 Å². The monoisotopic (exact) mass is 266 g/mol. The first kappa shape index (κ1) is 13.4. The van der Waals surface area contributed by atoms with Crippen molar-refractivity contribution in [3.63, 3.8) is 0 Å². The van der Waals surface area contributed by atoms with Crippen LogP contribution in [-0.2, 0) is 10.5 Å². The number of aliphatic hydroxyl groups is 1. The van der Waals surface area contributed by atoms with Gasteiger partial charge in [-0.1, -0.05) is 6.07 Å². The van der Waals surface area contributed by atoms with Crippen molar-refractivity contribution in [1.82, 2.24) is 10.3 Å². The van der Waals surface area contributed by atoms with Gasteiger partial charge in [0.1, 0.15) is 0 Å². The first-order chi connectivity index (χ1) is 8.68. The summed E-state index contributed by atoms with van der Waals surface area (Å²) >= 11 is 1.56. The average molecular weight is 266 g/mol. The molecule has 1 saturated carbocycles. The SMILES string of the molecule is O=C(CSCc1cccnc1)NCC1(O)CCC1. The lowest BCUT2D eigenvalue weighted by molar-refractivity contribution is -0.121. The molecule has 0 radical (unpaired) electrons. The fourth-order valence-corrected chi connectivity index (χ4v) is 2.62. The normalized spacial score (nSPS) is 16.9. The summed E-state index contributed by atoms with van der Waals surface area (Å²) in [5, 5.41) is 12.6. The van der Waals surface area contributed by atoms with Gasteiger partial charge in [-0.15, -0.1) is 11.8 Å². The van der Waals surface area contributed by atoms with Gasteiger partial charge in [0.2, 0.25) is 5.91 Å². The second-order valence-electron chi connectivity index (χ2n) is 4.71. The third-order valence-corrected chi connectivity index (χ3v) is 4.13. The Balaban J connectivity index is 1.60. The molecule has 18 heavy (non-hydrogen) atoms. The molecule has 0 spiro atoms. The molecule has 1 aliphatic rings. The van der Waals surface area contributed by atoms with E-state index in [2.05, 4.69) is 10.3 Å². The number of carbonyl (C=O) groups excluding carboxylic acids is 1. The highest BCUT2D eigenvalue weighted by molar-refractivity contribution is 7.99. The first-order valence-electron chi connectivity index (χ1n) is 6.14. The smallest absolute Gasteiger partial charge is 0.230 e. The fourth-order valence-electron chi connectivity index (χ4n) is 1.82. The summed E-state index contributed by atoms with van der Waals surface area (Å²) in [5.41, 5.74) is 0.483.